The maximum Gasteiger partial charge on any atom is 0.326 e. The molecule has 0 amide bonds. The van der Waals surface area contributed by atoms with E-state index in [0.717, 1.165) is 11.5 Å². The highest BCUT2D eigenvalue weighted by atomic mass is 19.3. The van der Waals surface area contributed by atoms with E-state index in [9.17, 15) is 18.7 Å². The number of rotatable bonds is 6. The predicted octanol–water partition coefficient (Wildman–Crippen LogP) is 4.26. The number of pyridine rings is 1. The predicted molar refractivity (Wildman–Crippen MR) is 177 cm³/mol. The third-order valence-corrected chi connectivity index (χ3v) is 9.85. The van der Waals surface area contributed by atoms with Crippen LogP contribution in [0.3, 0.4) is 0 Å². The first-order valence-electron chi connectivity index (χ1n) is 16.2. The lowest BCUT2D eigenvalue weighted by Gasteiger charge is -2.53. The van der Waals surface area contributed by atoms with Gasteiger partial charge in [-0.3, -0.25) is 0 Å². The van der Waals surface area contributed by atoms with Gasteiger partial charge in [-0.15, -0.1) is 0 Å². The molecule has 0 aliphatic carbocycles. The van der Waals surface area contributed by atoms with E-state index in [2.05, 4.69) is 38.6 Å². The molecule has 15 heteroatoms. The molecule has 7 heterocycles. The second kappa shape index (κ2) is 12.2. The number of carbonyl (C=O) groups is 1. The van der Waals surface area contributed by atoms with Gasteiger partial charge in [0.05, 0.1) is 38.6 Å². The lowest BCUT2D eigenvalue weighted by Crippen LogP contribution is -2.68. The number of nitrogens with zero attached hydrogens (tertiary/aromatic N) is 7. The van der Waals surface area contributed by atoms with Gasteiger partial charge in [0, 0.05) is 37.2 Å². The Morgan fingerprint density at radius 1 is 1.14 bits per heavy atom. The molecule has 3 aliphatic heterocycles. The van der Waals surface area contributed by atoms with Crippen molar-refractivity contribution in [3.63, 3.8) is 0 Å². The summed E-state index contributed by atoms with van der Waals surface area (Å²) in [4.78, 5) is 33.5. The smallest absolute Gasteiger partial charge is 0.326 e. The number of hydrogen-bond acceptors (Lipinski definition) is 11. The third kappa shape index (κ3) is 5.35. The average Bonchev–Trinajstić information content (AvgIpc) is 3.78. The molecule has 4 aromatic heterocycles. The normalized spacial score (nSPS) is 21.5. The SMILES string of the molecule is Cc1ncc(C#Cc2cnc(O[C@H]3C[C@@H](C(=O)O)N(c4nc(C(F)F)nc5c4oc4ccccc45)C3)c(N3CCOC4(COC4)[C@@H]3C)c2)n1C. The van der Waals surface area contributed by atoms with Crippen LogP contribution in [-0.2, 0) is 21.3 Å². The fraction of sp³-hybridized carbons (Fsp3) is 0.400. The Hall–Kier alpha value is -5.33. The van der Waals surface area contributed by atoms with Crippen LogP contribution in [-0.4, -0.2) is 92.3 Å². The van der Waals surface area contributed by atoms with Crippen LogP contribution in [0.1, 0.15) is 42.7 Å². The van der Waals surface area contributed by atoms with Gasteiger partial charge in [-0.1, -0.05) is 18.1 Å². The largest absolute Gasteiger partial charge is 0.480 e. The molecule has 1 spiro atoms. The fourth-order valence-electron chi connectivity index (χ4n) is 6.86. The van der Waals surface area contributed by atoms with E-state index in [-0.39, 0.29) is 41.8 Å². The van der Waals surface area contributed by atoms with Gasteiger partial charge in [-0.05, 0) is 38.0 Å². The van der Waals surface area contributed by atoms with Crippen LogP contribution < -0.4 is 14.5 Å². The number of anilines is 2. The van der Waals surface area contributed by atoms with Gasteiger partial charge in [0.1, 0.15) is 46.1 Å². The van der Waals surface area contributed by atoms with Crippen LogP contribution >= 0.6 is 0 Å². The number of aryl methyl sites for hydroxylation is 1. The van der Waals surface area contributed by atoms with Crippen molar-refractivity contribution in [3.05, 3.63) is 65.6 Å². The van der Waals surface area contributed by atoms with Crippen molar-refractivity contribution < 1.29 is 37.3 Å². The number of fused-ring (bicyclic) bond motifs is 3. The standard InChI is InChI=1S/C35H33F2N7O6/c1-19-35(17-47-18-35)48-11-10-43(19)25-12-21(8-9-22-15-38-20(2)42(22)3)14-39-33(25)49-23-13-26(34(45)46)44(16-23)32-29-28(40-31(41-32)30(36)37)24-6-4-5-7-27(24)50-29/h4-7,12,14-15,19,23,26,30H,10-11,13,16-18H2,1-3H3,(H,45,46)/t19-,23-,26-/m0/s1. The number of halogens is 2. The molecule has 0 bridgehead atoms. The zero-order chi connectivity index (χ0) is 34.7. The summed E-state index contributed by atoms with van der Waals surface area (Å²) in [6.45, 7) is 5.91. The highest BCUT2D eigenvalue weighted by Gasteiger charge is 2.50. The number of morpholine rings is 1. The number of carboxylic acid groups (broad SMARTS) is 1. The van der Waals surface area contributed by atoms with Crippen LogP contribution in [0.5, 0.6) is 5.88 Å². The lowest BCUT2D eigenvalue weighted by atomic mass is 9.90. The summed E-state index contributed by atoms with van der Waals surface area (Å²) < 4.78 is 54.3. The molecule has 3 saturated heterocycles. The fourth-order valence-corrected chi connectivity index (χ4v) is 6.86. The second-order valence-corrected chi connectivity index (χ2v) is 12.8. The van der Waals surface area contributed by atoms with E-state index < -0.39 is 36.0 Å². The minimum Gasteiger partial charge on any atom is -0.480 e. The number of para-hydroxylation sites is 1. The van der Waals surface area contributed by atoms with Gasteiger partial charge in [0.15, 0.2) is 17.2 Å². The first-order chi connectivity index (χ1) is 24.1. The van der Waals surface area contributed by atoms with E-state index in [0.29, 0.717) is 48.6 Å². The van der Waals surface area contributed by atoms with Crippen molar-refractivity contribution in [1.82, 2.24) is 24.5 Å². The highest BCUT2D eigenvalue weighted by molar-refractivity contribution is 6.06. The summed E-state index contributed by atoms with van der Waals surface area (Å²) in [6.07, 6.45) is -0.326. The van der Waals surface area contributed by atoms with E-state index in [1.165, 1.54) is 4.90 Å². The van der Waals surface area contributed by atoms with Gasteiger partial charge in [-0.25, -0.2) is 33.5 Å². The van der Waals surface area contributed by atoms with Crippen molar-refractivity contribution in [3.8, 4) is 17.7 Å². The van der Waals surface area contributed by atoms with Crippen LogP contribution in [0, 0.1) is 18.8 Å². The van der Waals surface area contributed by atoms with Crippen molar-refractivity contribution in [2.45, 2.75) is 50.5 Å². The average molecular weight is 686 g/mol. The highest BCUT2D eigenvalue weighted by Crippen LogP contribution is 2.41. The number of ether oxygens (including phenoxy) is 3. The molecule has 0 saturated carbocycles. The van der Waals surface area contributed by atoms with Gasteiger partial charge in [0.2, 0.25) is 5.88 Å². The topological polar surface area (TPSA) is 141 Å². The molecule has 3 atom stereocenters. The van der Waals surface area contributed by atoms with E-state index >= 15 is 0 Å². The molecule has 0 radical (unpaired) electrons. The van der Waals surface area contributed by atoms with Crippen LogP contribution in [0.25, 0.3) is 22.1 Å². The Bertz CT molecular complexity index is 2190. The van der Waals surface area contributed by atoms with Crippen molar-refractivity contribution in [1.29, 1.82) is 0 Å². The molecule has 1 N–H and O–H groups in total. The summed E-state index contributed by atoms with van der Waals surface area (Å²) in [7, 11) is 1.90. The minimum absolute atomic E-state index is 0.0156. The number of hydrogen-bond donors (Lipinski definition) is 1. The molecular weight excluding hydrogens is 652 g/mol. The summed E-state index contributed by atoms with van der Waals surface area (Å²) in [6, 6.07) is 7.57. The van der Waals surface area contributed by atoms with Gasteiger partial charge in [-0.2, -0.15) is 0 Å². The summed E-state index contributed by atoms with van der Waals surface area (Å²) in [5, 5.41) is 10.8. The molecular formula is C35H33F2N7O6. The lowest BCUT2D eigenvalue weighted by molar-refractivity contribution is -0.228. The molecule has 8 rings (SSSR count). The summed E-state index contributed by atoms with van der Waals surface area (Å²) >= 11 is 0. The number of aromatic nitrogens is 5. The monoisotopic (exact) mass is 685 g/mol. The van der Waals surface area contributed by atoms with E-state index in [1.807, 2.05) is 24.6 Å². The van der Waals surface area contributed by atoms with Crippen molar-refractivity contribution in [2.24, 2.45) is 7.05 Å². The first kappa shape index (κ1) is 31.9. The quantitative estimate of drug-likeness (QED) is 0.256. The number of imidazole rings is 1. The Labute approximate surface area is 284 Å². The molecule has 3 fully saturated rings. The molecule has 13 nitrogen and oxygen atoms in total. The Morgan fingerprint density at radius 3 is 2.68 bits per heavy atom. The molecule has 50 heavy (non-hydrogen) atoms. The molecule has 1 aromatic carbocycles. The van der Waals surface area contributed by atoms with Gasteiger partial charge >= 0.3 is 5.97 Å². The summed E-state index contributed by atoms with van der Waals surface area (Å²) in [5.41, 5.74) is 2.33. The third-order valence-electron chi connectivity index (χ3n) is 9.85. The number of carboxylic acids is 1. The maximum absolute atomic E-state index is 14.1. The van der Waals surface area contributed by atoms with Crippen LogP contribution in [0.2, 0.25) is 0 Å². The molecule has 3 aliphatic rings. The van der Waals surface area contributed by atoms with Gasteiger partial charge in [0.25, 0.3) is 6.43 Å². The molecule has 5 aromatic rings. The van der Waals surface area contributed by atoms with Crippen molar-refractivity contribution in [2.75, 3.05) is 42.7 Å². The van der Waals surface area contributed by atoms with Crippen LogP contribution in [0.4, 0.5) is 20.3 Å². The number of aliphatic carboxylic acids is 1. The molecule has 0 unspecified atom stereocenters. The second-order valence-electron chi connectivity index (χ2n) is 12.8. The maximum atomic E-state index is 14.1. The van der Waals surface area contributed by atoms with Gasteiger partial charge < -0.3 is 38.1 Å². The van der Waals surface area contributed by atoms with E-state index in [1.54, 1.807) is 36.7 Å². The van der Waals surface area contributed by atoms with Crippen LogP contribution in [0.15, 0.2) is 47.1 Å². The van der Waals surface area contributed by atoms with Crippen molar-refractivity contribution >= 4 is 39.5 Å². The minimum atomic E-state index is -2.99. The number of benzene rings is 1. The Morgan fingerprint density at radius 2 is 1.96 bits per heavy atom. The number of furan rings is 1. The first-order valence-corrected chi connectivity index (χ1v) is 16.2. The molecule has 258 valence electrons. The summed E-state index contributed by atoms with van der Waals surface area (Å²) in [5.74, 6) is 5.57. The Balaban J connectivity index is 1.16. The Kier molecular flexibility index (Phi) is 7.80. The van der Waals surface area contributed by atoms with E-state index in [4.69, 9.17) is 23.6 Å². The zero-order valence-corrected chi connectivity index (χ0v) is 27.5. The number of alkyl halides is 2. The zero-order valence-electron chi connectivity index (χ0n) is 27.5.